The summed E-state index contributed by atoms with van der Waals surface area (Å²) in [6.07, 6.45) is 1.64. The Morgan fingerprint density at radius 3 is 2.90 bits per heavy atom. The van der Waals surface area contributed by atoms with Gasteiger partial charge in [0.1, 0.15) is 5.82 Å². The van der Waals surface area contributed by atoms with Crippen molar-refractivity contribution in [2.24, 2.45) is 12.8 Å². The highest BCUT2D eigenvalue weighted by atomic mass is 19.1. The van der Waals surface area contributed by atoms with Gasteiger partial charge >= 0.3 is 0 Å². The van der Waals surface area contributed by atoms with Gasteiger partial charge in [-0.3, -0.25) is 9.48 Å². The summed E-state index contributed by atoms with van der Waals surface area (Å²) in [4.78, 5) is 12.0. The predicted octanol–water partition coefficient (Wildman–Crippen LogP) is 0.799. The number of carbonyl (C=O) groups excluding carboxylic acids is 1. The highest BCUT2D eigenvalue weighted by Gasteiger charge is 2.09. The first-order valence-corrected chi connectivity index (χ1v) is 6.35. The van der Waals surface area contributed by atoms with Gasteiger partial charge in [0, 0.05) is 18.8 Å². The molecule has 0 unspecified atom stereocenters. The van der Waals surface area contributed by atoms with E-state index in [1.54, 1.807) is 24.0 Å². The van der Waals surface area contributed by atoms with Crippen LogP contribution in [-0.4, -0.2) is 22.2 Å². The minimum Gasteiger partial charge on any atom is -0.346 e. The Labute approximate surface area is 122 Å². The Hall–Kier alpha value is -2.65. The van der Waals surface area contributed by atoms with Crippen LogP contribution in [0.25, 0.3) is 0 Å². The van der Waals surface area contributed by atoms with E-state index in [-0.39, 0.29) is 23.6 Å². The van der Waals surface area contributed by atoms with Crippen molar-refractivity contribution in [1.29, 1.82) is 0 Å². The Kier molecular flexibility index (Phi) is 4.69. The van der Waals surface area contributed by atoms with E-state index in [4.69, 9.17) is 5.73 Å². The summed E-state index contributed by atoms with van der Waals surface area (Å²) >= 11 is 0. The number of hydrogen-bond acceptors (Lipinski definition) is 3. The topological polar surface area (TPSA) is 72.9 Å². The smallest absolute Gasteiger partial charge is 0.251 e. The van der Waals surface area contributed by atoms with Crippen LogP contribution in [0.3, 0.4) is 0 Å². The first-order chi connectivity index (χ1) is 10.1. The molecule has 5 nitrogen and oxygen atoms in total. The molecule has 0 spiro atoms. The second-order valence-corrected chi connectivity index (χ2v) is 4.33. The highest BCUT2D eigenvalue weighted by molar-refractivity contribution is 5.94. The maximum atomic E-state index is 13.8. The number of amides is 1. The standard InChI is InChI=1S/C15H15FN4O/c1-20-13(6-8-19-20)10-18-15(21)12-5-4-11(3-2-7-17)14(16)9-12/h4-6,8-9H,7,10,17H2,1H3,(H,18,21). The normalized spacial score (nSPS) is 9.86. The number of halogens is 1. The van der Waals surface area contributed by atoms with E-state index >= 15 is 0 Å². The Morgan fingerprint density at radius 2 is 2.29 bits per heavy atom. The molecule has 0 aliphatic heterocycles. The van der Waals surface area contributed by atoms with Crippen LogP contribution in [0.15, 0.2) is 30.5 Å². The zero-order valence-electron chi connectivity index (χ0n) is 11.6. The number of hydrogen-bond donors (Lipinski definition) is 2. The number of aryl methyl sites for hydroxylation is 1. The fourth-order valence-electron chi connectivity index (χ4n) is 1.75. The fraction of sp³-hybridized carbons (Fsp3) is 0.200. The minimum atomic E-state index is -0.538. The zero-order valence-corrected chi connectivity index (χ0v) is 11.6. The second-order valence-electron chi connectivity index (χ2n) is 4.33. The number of rotatable bonds is 3. The molecule has 2 rings (SSSR count). The van der Waals surface area contributed by atoms with Crippen molar-refractivity contribution in [3.8, 4) is 11.8 Å². The van der Waals surface area contributed by atoms with Gasteiger partial charge in [0.25, 0.3) is 5.91 Å². The molecule has 0 saturated carbocycles. The zero-order chi connectivity index (χ0) is 15.2. The Morgan fingerprint density at radius 1 is 1.48 bits per heavy atom. The molecule has 6 heteroatoms. The lowest BCUT2D eigenvalue weighted by Crippen LogP contribution is -2.24. The summed E-state index contributed by atoms with van der Waals surface area (Å²) < 4.78 is 15.4. The monoisotopic (exact) mass is 286 g/mol. The van der Waals surface area contributed by atoms with Gasteiger partial charge < -0.3 is 11.1 Å². The highest BCUT2D eigenvalue weighted by Crippen LogP contribution is 2.09. The van der Waals surface area contributed by atoms with Gasteiger partial charge in [-0.05, 0) is 24.3 Å². The predicted molar refractivity (Wildman–Crippen MR) is 76.7 cm³/mol. The maximum absolute atomic E-state index is 13.8. The minimum absolute atomic E-state index is 0.159. The summed E-state index contributed by atoms with van der Waals surface area (Å²) in [6.45, 7) is 0.484. The molecular weight excluding hydrogens is 271 g/mol. The van der Waals surface area contributed by atoms with Crippen LogP contribution in [0.4, 0.5) is 4.39 Å². The lowest BCUT2D eigenvalue weighted by atomic mass is 10.1. The number of nitrogens with two attached hydrogens (primary N) is 1. The molecule has 1 heterocycles. The van der Waals surface area contributed by atoms with Crippen molar-refractivity contribution in [3.05, 3.63) is 53.1 Å². The lowest BCUT2D eigenvalue weighted by Gasteiger charge is -2.06. The van der Waals surface area contributed by atoms with Gasteiger partial charge in [-0.15, -0.1) is 0 Å². The van der Waals surface area contributed by atoms with Crippen LogP contribution < -0.4 is 11.1 Å². The summed E-state index contributed by atoms with van der Waals surface area (Å²) in [7, 11) is 1.78. The molecule has 0 saturated heterocycles. The molecular formula is C15H15FN4O. The molecule has 0 atom stereocenters. The van der Waals surface area contributed by atoms with Crippen LogP contribution in [0.1, 0.15) is 21.6 Å². The van der Waals surface area contributed by atoms with E-state index in [1.165, 1.54) is 18.2 Å². The third-order valence-corrected chi connectivity index (χ3v) is 2.91. The molecule has 0 aliphatic carbocycles. The van der Waals surface area contributed by atoms with Gasteiger partial charge in [0.2, 0.25) is 0 Å². The maximum Gasteiger partial charge on any atom is 0.251 e. The Bertz CT molecular complexity index is 712. The van der Waals surface area contributed by atoms with Crippen LogP contribution in [0.5, 0.6) is 0 Å². The van der Waals surface area contributed by atoms with E-state index in [0.29, 0.717) is 6.54 Å². The van der Waals surface area contributed by atoms with Crippen molar-refractivity contribution >= 4 is 5.91 Å². The van der Waals surface area contributed by atoms with Gasteiger partial charge in [-0.1, -0.05) is 11.8 Å². The quantitative estimate of drug-likeness (QED) is 0.820. The van der Waals surface area contributed by atoms with E-state index in [0.717, 1.165) is 5.69 Å². The Balaban J connectivity index is 2.06. The van der Waals surface area contributed by atoms with E-state index < -0.39 is 5.82 Å². The molecule has 1 aromatic carbocycles. The first-order valence-electron chi connectivity index (χ1n) is 6.35. The second kappa shape index (κ2) is 6.68. The molecule has 1 amide bonds. The van der Waals surface area contributed by atoms with E-state index in [1.807, 2.05) is 0 Å². The number of benzene rings is 1. The average molecular weight is 286 g/mol. The molecule has 0 fully saturated rings. The largest absolute Gasteiger partial charge is 0.346 e. The van der Waals surface area contributed by atoms with Crippen molar-refractivity contribution in [1.82, 2.24) is 15.1 Å². The number of aromatic nitrogens is 2. The van der Waals surface area contributed by atoms with Crippen LogP contribution in [-0.2, 0) is 13.6 Å². The number of nitrogens with one attached hydrogen (secondary N) is 1. The fourth-order valence-corrected chi connectivity index (χ4v) is 1.75. The molecule has 0 aliphatic rings. The lowest BCUT2D eigenvalue weighted by molar-refractivity contribution is 0.0949. The first kappa shape index (κ1) is 14.8. The SMILES string of the molecule is Cn1nccc1CNC(=O)c1ccc(C#CCN)c(F)c1. The summed E-state index contributed by atoms with van der Waals surface area (Å²) in [5.41, 5.74) is 6.56. The summed E-state index contributed by atoms with van der Waals surface area (Å²) in [5.74, 6) is 4.29. The van der Waals surface area contributed by atoms with Crippen molar-refractivity contribution < 1.29 is 9.18 Å². The number of nitrogens with zero attached hydrogens (tertiary/aromatic N) is 2. The van der Waals surface area contributed by atoms with Crippen molar-refractivity contribution in [2.45, 2.75) is 6.54 Å². The van der Waals surface area contributed by atoms with Gasteiger partial charge in [0.05, 0.1) is 24.3 Å². The molecule has 21 heavy (non-hydrogen) atoms. The van der Waals surface area contributed by atoms with Crippen molar-refractivity contribution in [2.75, 3.05) is 6.54 Å². The number of carbonyl (C=O) groups is 1. The molecule has 3 N–H and O–H groups in total. The summed E-state index contributed by atoms with van der Waals surface area (Å²) in [6, 6.07) is 5.96. The molecule has 2 aromatic rings. The van der Waals surface area contributed by atoms with Crippen LogP contribution >= 0.6 is 0 Å². The molecule has 0 bridgehead atoms. The van der Waals surface area contributed by atoms with Gasteiger partial charge in [-0.25, -0.2) is 4.39 Å². The molecule has 1 aromatic heterocycles. The van der Waals surface area contributed by atoms with E-state index in [2.05, 4.69) is 22.3 Å². The van der Waals surface area contributed by atoms with Gasteiger partial charge in [0.15, 0.2) is 0 Å². The molecule has 108 valence electrons. The van der Waals surface area contributed by atoms with E-state index in [9.17, 15) is 9.18 Å². The third kappa shape index (κ3) is 3.68. The average Bonchev–Trinajstić information content (AvgIpc) is 2.88. The molecule has 0 radical (unpaired) electrons. The van der Waals surface area contributed by atoms with Crippen LogP contribution in [0.2, 0.25) is 0 Å². The summed E-state index contributed by atoms with van der Waals surface area (Å²) in [5, 5.41) is 6.71. The van der Waals surface area contributed by atoms with Gasteiger partial charge in [-0.2, -0.15) is 5.10 Å². The van der Waals surface area contributed by atoms with Crippen molar-refractivity contribution in [3.63, 3.8) is 0 Å². The van der Waals surface area contributed by atoms with Crippen LogP contribution in [0, 0.1) is 17.7 Å². The third-order valence-electron chi connectivity index (χ3n) is 2.91.